The van der Waals surface area contributed by atoms with E-state index in [1.54, 1.807) is 12.1 Å². The molecule has 0 aromatic heterocycles. The number of carbonyl (C=O) groups is 1. The zero-order valence-electron chi connectivity index (χ0n) is 12.9. The molecule has 0 radical (unpaired) electrons. The summed E-state index contributed by atoms with van der Waals surface area (Å²) in [6.07, 6.45) is 4.30. The zero-order valence-corrected chi connectivity index (χ0v) is 15.3. The number of likely N-dealkylation sites (tertiary alicyclic amines) is 1. The summed E-state index contributed by atoms with van der Waals surface area (Å²) in [5.74, 6) is -0.0930. The average Bonchev–Trinajstić information content (AvgIpc) is 2.75. The van der Waals surface area contributed by atoms with Crippen molar-refractivity contribution in [1.82, 2.24) is 9.21 Å². The summed E-state index contributed by atoms with van der Waals surface area (Å²) < 4.78 is 26.3. The van der Waals surface area contributed by atoms with Gasteiger partial charge in [-0.1, -0.05) is 12.8 Å². The first-order valence-electron chi connectivity index (χ1n) is 7.35. The number of amides is 1. The van der Waals surface area contributed by atoms with Crippen LogP contribution in [0.3, 0.4) is 0 Å². The van der Waals surface area contributed by atoms with E-state index in [-0.39, 0.29) is 10.8 Å². The molecule has 1 heterocycles. The third-order valence-electron chi connectivity index (χ3n) is 3.83. The van der Waals surface area contributed by atoms with Crippen molar-refractivity contribution >= 4 is 31.9 Å². The summed E-state index contributed by atoms with van der Waals surface area (Å²) >= 11 is 3.26. The van der Waals surface area contributed by atoms with Crippen LogP contribution in [-0.2, 0) is 10.0 Å². The van der Waals surface area contributed by atoms with Gasteiger partial charge in [0.05, 0.1) is 4.90 Å². The van der Waals surface area contributed by atoms with Crippen LogP contribution in [0.25, 0.3) is 0 Å². The maximum absolute atomic E-state index is 12.6. The van der Waals surface area contributed by atoms with E-state index in [1.165, 1.54) is 20.2 Å². The van der Waals surface area contributed by atoms with Crippen LogP contribution in [0.2, 0.25) is 0 Å². The van der Waals surface area contributed by atoms with Gasteiger partial charge in [-0.05, 0) is 47.0 Å². The van der Waals surface area contributed by atoms with Gasteiger partial charge in [0.25, 0.3) is 5.91 Å². The Morgan fingerprint density at radius 2 is 1.73 bits per heavy atom. The van der Waals surface area contributed by atoms with Crippen molar-refractivity contribution in [2.45, 2.75) is 30.6 Å². The largest absolute Gasteiger partial charge is 0.339 e. The molecule has 7 heteroatoms. The molecule has 1 aromatic rings. The fourth-order valence-corrected chi connectivity index (χ4v) is 4.33. The molecule has 1 amide bonds. The van der Waals surface area contributed by atoms with Gasteiger partial charge < -0.3 is 4.90 Å². The lowest BCUT2D eigenvalue weighted by Crippen LogP contribution is -2.32. The average molecular weight is 389 g/mol. The molecule has 1 aromatic carbocycles. The molecule has 0 N–H and O–H groups in total. The standard InChI is InChI=1S/C15H21BrN2O3S/c1-17(2)22(20,21)14-11-12(7-8-13(14)16)15(19)18-9-5-3-4-6-10-18/h7-8,11H,3-6,9-10H2,1-2H3. The second-order valence-electron chi connectivity index (χ2n) is 5.64. The lowest BCUT2D eigenvalue weighted by atomic mass is 10.2. The Labute approximate surface area is 140 Å². The molecular formula is C15H21BrN2O3S. The number of rotatable bonds is 3. The highest BCUT2D eigenvalue weighted by molar-refractivity contribution is 9.10. The number of hydrogen-bond acceptors (Lipinski definition) is 3. The fourth-order valence-electron chi connectivity index (χ4n) is 2.49. The van der Waals surface area contributed by atoms with Crippen LogP contribution >= 0.6 is 15.9 Å². The van der Waals surface area contributed by atoms with E-state index < -0.39 is 10.0 Å². The Morgan fingerprint density at radius 1 is 1.14 bits per heavy atom. The predicted molar refractivity (Wildman–Crippen MR) is 89.4 cm³/mol. The maximum atomic E-state index is 12.6. The highest BCUT2D eigenvalue weighted by Gasteiger charge is 2.24. The Hall–Kier alpha value is -0.920. The molecule has 0 aliphatic carbocycles. The van der Waals surface area contributed by atoms with Crippen molar-refractivity contribution < 1.29 is 13.2 Å². The molecule has 2 rings (SSSR count). The smallest absolute Gasteiger partial charge is 0.253 e. The predicted octanol–water partition coefficient (Wildman–Crippen LogP) is 2.72. The highest BCUT2D eigenvalue weighted by atomic mass is 79.9. The van der Waals surface area contributed by atoms with Crippen molar-refractivity contribution in [1.29, 1.82) is 0 Å². The van der Waals surface area contributed by atoms with E-state index in [1.807, 2.05) is 4.90 Å². The van der Waals surface area contributed by atoms with Gasteiger partial charge in [0.2, 0.25) is 10.0 Å². The number of sulfonamides is 1. The lowest BCUT2D eigenvalue weighted by molar-refractivity contribution is 0.0761. The number of nitrogens with zero attached hydrogens (tertiary/aromatic N) is 2. The first kappa shape index (κ1) is 17.4. The Morgan fingerprint density at radius 3 is 2.27 bits per heavy atom. The van der Waals surface area contributed by atoms with Crippen LogP contribution in [-0.4, -0.2) is 50.7 Å². The number of carbonyl (C=O) groups excluding carboxylic acids is 1. The van der Waals surface area contributed by atoms with E-state index >= 15 is 0 Å². The molecule has 22 heavy (non-hydrogen) atoms. The Bertz CT molecular complexity index is 651. The minimum Gasteiger partial charge on any atom is -0.339 e. The summed E-state index contributed by atoms with van der Waals surface area (Å²) in [7, 11) is -0.631. The second-order valence-corrected chi connectivity index (χ2v) is 8.61. The van der Waals surface area contributed by atoms with Crippen molar-refractivity contribution in [3.8, 4) is 0 Å². The first-order chi connectivity index (χ1) is 10.3. The van der Waals surface area contributed by atoms with Crippen LogP contribution in [0.4, 0.5) is 0 Å². The minimum atomic E-state index is -3.59. The van der Waals surface area contributed by atoms with Gasteiger partial charge >= 0.3 is 0 Å². The molecule has 1 fully saturated rings. The topological polar surface area (TPSA) is 57.7 Å². The summed E-state index contributed by atoms with van der Waals surface area (Å²) in [6, 6.07) is 4.76. The molecule has 1 aliphatic rings. The SMILES string of the molecule is CN(C)S(=O)(=O)c1cc(C(=O)N2CCCCCC2)ccc1Br. The monoisotopic (exact) mass is 388 g/mol. The molecule has 0 spiro atoms. The summed E-state index contributed by atoms with van der Waals surface area (Å²) in [6.45, 7) is 1.48. The van der Waals surface area contributed by atoms with Gasteiger partial charge in [-0.25, -0.2) is 12.7 Å². The van der Waals surface area contributed by atoms with E-state index in [2.05, 4.69) is 15.9 Å². The number of hydrogen-bond donors (Lipinski definition) is 0. The van der Waals surface area contributed by atoms with Gasteiger partial charge in [-0.2, -0.15) is 0 Å². The van der Waals surface area contributed by atoms with Crippen LogP contribution in [0.15, 0.2) is 27.6 Å². The highest BCUT2D eigenvalue weighted by Crippen LogP contribution is 2.26. The van der Waals surface area contributed by atoms with E-state index in [9.17, 15) is 13.2 Å². The van der Waals surface area contributed by atoms with Crippen molar-refractivity contribution in [2.75, 3.05) is 27.2 Å². The first-order valence-corrected chi connectivity index (χ1v) is 9.58. The summed E-state index contributed by atoms with van der Waals surface area (Å²) in [4.78, 5) is 14.6. The lowest BCUT2D eigenvalue weighted by Gasteiger charge is -2.21. The molecule has 0 unspecified atom stereocenters. The van der Waals surface area contributed by atoms with E-state index in [4.69, 9.17) is 0 Å². The number of benzene rings is 1. The molecule has 0 bridgehead atoms. The van der Waals surface area contributed by atoms with Gasteiger partial charge in [-0.3, -0.25) is 4.79 Å². The Balaban J connectivity index is 2.35. The van der Waals surface area contributed by atoms with Crippen molar-refractivity contribution in [3.63, 3.8) is 0 Å². The van der Waals surface area contributed by atoms with Crippen LogP contribution in [0.1, 0.15) is 36.0 Å². The van der Waals surface area contributed by atoms with Gasteiger partial charge in [-0.15, -0.1) is 0 Å². The molecular weight excluding hydrogens is 368 g/mol. The van der Waals surface area contributed by atoms with Crippen LogP contribution < -0.4 is 0 Å². The number of halogens is 1. The van der Waals surface area contributed by atoms with E-state index in [0.29, 0.717) is 10.0 Å². The van der Waals surface area contributed by atoms with Crippen molar-refractivity contribution in [2.24, 2.45) is 0 Å². The van der Waals surface area contributed by atoms with E-state index in [0.717, 1.165) is 43.1 Å². The Kier molecular flexibility index (Phi) is 5.63. The van der Waals surface area contributed by atoms with Crippen LogP contribution in [0, 0.1) is 0 Å². The normalized spacial score (nSPS) is 16.6. The molecule has 122 valence electrons. The van der Waals surface area contributed by atoms with Gasteiger partial charge in [0.1, 0.15) is 0 Å². The van der Waals surface area contributed by atoms with Crippen LogP contribution in [0.5, 0.6) is 0 Å². The molecule has 0 atom stereocenters. The maximum Gasteiger partial charge on any atom is 0.253 e. The quantitative estimate of drug-likeness (QED) is 0.799. The summed E-state index contributed by atoms with van der Waals surface area (Å²) in [5, 5.41) is 0. The fraction of sp³-hybridized carbons (Fsp3) is 0.533. The minimum absolute atomic E-state index is 0.0930. The third kappa shape index (κ3) is 3.70. The molecule has 5 nitrogen and oxygen atoms in total. The van der Waals surface area contributed by atoms with Gasteiger partial charge in [0, 0.05) is 37.2 Å². The van der Waals surface area contributed by atoms with Crippen molar-refractivity contribution in [3.05, 3.63) is 28.2 Å². The molecule has 1 aliphatic heterocycles. The second kappa shape index (κ2) is 7.10. The zero-order chi connectivity index (χ0) is 16.3. The summed E-state index contributed by atoms with van der Waals surface area (Å²) in [5.41, 5.74) is 0.422. The third-order valence-corrected chi connectivity index (χ3v) is 6.64. The van der Waals surface area contributed by atoms with Gasteiger partial charge in [0.15, 0.2) is 0 Å². The molecule has 0 saturated carbocycles. The molecule has 1 saturated heterocycles.